The normalized spacial score (nSPS) is 30.1. The third-order valence-corrected chi connectivity index (χ3v) is 6.27. The number of aliphatic carboxylic acids is 1. The number of nitrogens with zero attached hydrogens (tertiary/aromatic N) is 1. The molecule has 118 valence electrons. The van der Waals surface area contributed by atoms with Crippen molar-refractivity contribution in [1.29, 1.82) is 0 Å². The minimum absolute atomic E-state index is 0.0352. The van der Waals surface area contributed by atoms with E-state index in [1.54, 1.807) is 0 Å². The van der Waals surface area contributed by atoms with E-state index in [-0.39, 0.29) is 23.8 Å². The minimum Gasteiger partial charge on any atom is -0.481 e. The molecule has 0 aromatic rings. The summed E-state index contributed by atoms with van der Waals surface area (Å²) in [6.45, 7) is 4.47. The zero-order chi connectivity index (χ0) is 15.1. The summed E-state index contributed by atoms with van der Waals surface area (Å²) in [4.78, 5) is 26.0. The molecule has 1 spiro atoms. The molecule has 1 unspecified atom stereocenters. The minimum atomic E-state index is -0.797. The van der Waals surface area contributed by atoms with E-state index in [1.807, 2.05) is 4.90 Å². The molecule has 5 heteroatoms. The molecular weight excluding hydrogens is 270 g/mol. The van der Waals surface area contributed by atoms with Gasteiger partial charge in [0.25, 0.3) is 0 Å². The fourth-order valence-corrected chi connectivity index (χ4v) is 4.32. The summed E-state index contributed by atoms with van der Waals surface area (Å²) in [5, 5.41) is 9.40. The summed E-state index contributed by atoms with van der Waals surface area (Å²) >= 11 is 0. The van der Waals surface area contributed by atoms with E-state index in [0.29, 0.717) is 12.8 Å². The van der Waals surface area contributed by atoms with E-state index in [9.17, 15) is 14.7 Å². The van der Waals surface area contributed by atoms with Gasteiger partial charge in [0.1, 0.15) is 0 Å². The fraction of sp³-hybridized carbons (Fsp3) is 0.875. The van der Waals surface area contributed by atoms with Crippen molar-refractivity contribution in [2.24, 2.45) is 10.8 Å². The number of amides is 1. The highest BCUT2D eigenvalue weighted by molar-refractivity contribution is 5.86. The Morgan fingerprint density at radius 1 is 1.19 bits per heavy atom. The highest BCUT2D eigenvalue weighted by Gasteiger charge is 2.51. The van der Waals surface area contributed by atoms with Crippen LogP contribution in [-0.2, 0) is 14.3 Å². The number of carboxylic acid groups (broad SMARTS) is 1. The quantitative estimate of drug-likeness (QED) is 0.865. The number of hydrogen-bond acceptors (Lipinski definition) is 3. The van der Waals surface area contributed by atoms with Crippen LogP contribution < -0.4 is 0 Å². The van der Waals surface area contributed by atoms with Crippen molar-refractivity contribution >= 4 is 11.9 Å². The maximum atomic E-state index is 12.6. The van der Waals surface area contributed by atoms with Gasteiger partial charge in [-0.15, -0.1) is 0 Å². The third-order valence-electron chi connectivity index (χ3n) is 6.27. The van der Waals surface area contributed by atoms with Gasteiger partial charge >= 0.3 is 5.97 Å². The maximum Gasteiger partial charge on any atom is 0.310 e. The molecule has 1 saturated carbocycles. The lowest BCUT2D eigenvalue weighted by Crippen LogP contribution is -2.47. The second kappa shape index (κ2) is 5.27. The molecule has 0 aromatic carbocycles. The number of ether oxygens (including phenoxy) is 1. The number of carboxylic acids is 1. The van der Waals surface area contributed by atoms with Crippen LogP contribution in [0, 0.1) is 10.8 Å². The molecule has 21 heavy (non-hydrogen) atoms. The van der Waals surface area contributed by atoms with Crippen LogP contribution in [0.5, 0.6) is 0 Å². The van der Waals surface area contributed by atoms with E-state index in [1.165, 1.54) is 0 Å². The van der Waals surface area contributed by atoms with Crippen LogP contribution >= 0.6 is 0 Å². The first-order valence-electron chi connectivity index (χ1n) is 8.10. The van der Waals surface area contributed by atoms with Crippen molar-refractivity contribution < 1.29 is 19.4 Å². The van der Waals surface area contributed by atoms with Gasteiger partial charge in [0, 0.05) is 32.2 Å². The summed E-state index contributed by atoms with van der Waals surface area (Å²) in [5.41, 5.74) is -0.577. The lowest BCUT2D eigenvalue weighted by atomic mass is 9.66. The number of rotatable bonds is 3. The monoisotopic (exact) mass is 295 g/mol. The molecule has 1 amide bonds. The van der Waals surface area contributed by atoms with Gasteiger partial charge < -0.3 is 14.7 Å². The topological polar surface area (TPSA) is 66.8 Å². The van der Waals surface area contributed by atoms with Crippen molar-refractivity contribution in [2.45, 2.75) is 57.9 Å². The summed E-state index contributed by atoms with van der Waals surface area (Å²) in [6, 6.07) is 0.208. The average Bonchev–Trinajstić information content (AvgIpc) is 2.72. The van der Waals surface area contributed by atoms with Crippen LogP contribution in [-0.4, -0.2) is 47.7 Å². The predicted molar refractivity (Wildman–Crippen MR) is 76.8 cm³/mol. The Bertz CT molecular complexity index is 438. The molecule has 0 bridgehead atoms. The van der Waals surface area contributed by atoms with Crippen LogP contribution in [0.4, 0.5) is 0 Å². The van der Waals surface area contributed by atoms with E-state index in [4.69, 9.17) is 4.74 Å². The summed E-state index contributed by atoms with van der Waals surface area (Å²) in [6.07, 6.45) is 5.47. The van der Waals surface area contributed by atoms with E-state index >= 15 is 0 Å². The Morgan fingerprint density at radius 2 is 1.86 bits per heavy atom. The van der Waals surface area contributed by atoms with Crippen LogP contribution in [0.25, 0.3) is 0 Å². The van der Waals surface area contributed by atoms with Crippen molar-refractivity contribution in [3.63, 3.8) is 0 Å². The molecule has 1 atom stereocenters. The first-order chi connectivity index (χ1) is 9.99. The van der Waals surface area contributed by atoms with E-state index in [2.05, 4.69) is 6.92 Å². The van der Waals surface area contributed by atoms with Gasteiger partial charge in [-0.05, 0) is 44.4 Å². The summed E-state index contributed by atoms with van der Waals surface area (Å²) in [5.74, 6) is -0.761. The smallest absolute Gasteiger partial charge is 0.310 e. The lowest BCUT2D eigenvalue weighted by molar-refractivity contribution is -0.160. The van der Waals surface area contributed by atoms with Crippen molar-refractivity contribution in [1.82, 2.24) is 4.90 Å². The van der Waals surface area contributed by atoms with Gasteiger partial charge in [0.2, 0.25) is 5.91 Å². The van der Waals surface area contributed by atoms with E-state index < -0.39 is 11.4 Å². The number of likely N-dealkylation sites (tertiary alicyclic amines) is 1. The first-order valence-corrected chi connectivity index (χ1v) is 8.10. The molecular formula is C16H25NO4. The molecule has 0 radical (unpaired) electrons. The number of hydrogen-bond donors (Lipinski definition) is 1. The van der Waals surface area contributed by atoms with Gasteiger partial charge in [-0.2, -0.15) is 0 Å². The van der Waals surface area contributed by atoms with Gasteiger partial charge in [0.15, 0.2) is 0 Å². The SMILES string of the molecule is CC1N(C(=O)CC2(C(=O)O)CCC2)CCC12CCOCC2. The van der Waals surface area contributed by atoms with Gasteiger partial charge in [-0.1, -0.05) is 6.42 Å². The van der Waals surface area contributed by atoms with Gasteiger partial charge in [-0.3, -0.25) is 9.59 Å². The van der Waals surface area contributed by atoms with Crippen molar-refractivity contribution in [3.05, 3.63) is 0 Å². The molecule has 2 saturated heterocycles. The van der Waals surface area contributed by atoms with Crippen molar-refractivity contribution in [3.8, 4) is 0 Å². The Hall–Kier alpha value is -1.10. The average molecular weight is 295 g/mol. The van der Waals surface area contributed by atoms with Crippen LogP contribution in [0.2, 0.25) is 0 Å². The second-order valence-electron chi connectivity index (χ2n) is 7.10. The standard InChI is InChI=1S/C16H25NO4/c1-12-15(6-9-21-10-7-15)5-8-17(12)13(18)11-16(14(19)20)3-2-4-16/h12H,2-11H2,1H3,(H,19,20). The predicted octanol–water partition coefficient (Wildman–Crippen LogP) is 2.05. The molecule has 3 fully saturated rings. The Morgan fingerprint density at radius 3 is 2.38 bits per heavy atom. The summed E-state index contributed by atoms with van der Waals surface area (Å²) < 4.78 is 5.46. The zero-order valence-electron chi connectivity index (χ0n) is 12.8. The number of carbonyl (C=O) groups excluding carboxylic acids is 1. The molecule has 1 aliphatic carbocycles. The Labute approximate surface area is 125 Å². The van der Waals surface area contributed by atoms with Crippen LogP contribution in [0.15, 0.2) is 0 Å². The summed E-state index contributed by atoms with van der Waals surface area (Å²) in [7, 11) is 0. The number of carbonyl (C=O) groups is 2. The maximum absolute atomic E-state index is 12.6. The molecule has 0 aromatic heterocycles. The van der Waals surface area contributed by atoms with Crippen LogP contribution in [0.3, 0.4) is 0 Å². The second-order valence-corrected chi connectivity index (χ2v) is 7.10. The molecule has 3 rings (SSSR count). The first kappa shape index (κ1) is 14.8. The molecule has 2 aliphatic heterocycles. The van der Waals surface area contributed by atoms with E-state index in [0.717, 1.165) is 45.4 Å². The lowest BCUT2D eigenvalue weighted by Gasteiger charge is -2.41. The molecule has 2 heterocycles. The molecule has 1 N–H and O–H groups in total. The Balaban J connectivity index is 1.67. The molecule has 3 aliphatic rings. The largest absolute Gasteiger partial charge is 0.481 e. The van der Waals surface area contributed by atoms with Gasteiger partial charge in [0.05, 0.1) is 5.41 Å². The highest BCUT2D eigenvalue weighted by atomic mass is 16.5. The molecule has 5 nitrogen and oxygen atoms in total. The van der Waals surface area contributed by atoms with Crippen molar-refractivity contribution in [2.75, 3.05) is 19.8 Å². The zero-order valence-corrected chi connectivity index (χ0v) is 12.8. The Kier molecular flexibility index (Phi) is 3.72. The fourth-order valence-electron chi connectivity index (χ4n) is 4.32. The highest BCUT2D eigenvalue weighted by Crippen LogP contribution is 2.48. The van der Waals surface area contributed by atoms with Crippen LogP contribution in [0.1, 0.15) is 51.9 Å². The third kappa shape index (κ3) is 2.35. The van der Waals surface area contributed by atoms with Gasteiger partial charge in [-0.25, -0.2) is 0 Å².